The zero-order valence-corrected chi connectivity index (χ0v) is 30.0. The molecule has 0 amide bonds. The Morgan fingerprint density at radius 2 is 0.829 bits per heavy atom. The van der Waals surface area contributed by atoms with Crippen LogP contribution in [-0.4, -0.2) is 32.8 Å². The van der Waals surface area contributed by atoms with Crippen LogP contribution in [0.4, 0.5) is 0 Å². The summed E-state index contributed by atoms with van der Waals surface area (Å²) in [5.41, 5.74) is -0.228. The molecule has 2 aromatic carbocycles. The number of hydrogen-bond donors (Lipinski definition) is 1. The Morgan fingerprint density at radius 1 is 0.561 bits per heavy atom. The van der Waals surface area contributed by atoms with Gasteiger partial charge in [0.15, 0.2) is 0 Å². The van der Waals surface area contributed by atoms with E-state index in [2.05, 4.69) is 20.8 Å². The molecule has 1 spiro atoms. The fraction of sp³-hybridized carbons (Fsp3) is 0.520. The summed E-state index contributed by atoms with van der Waals surface area (Å²) in [5, 5.41) is -0.892. The Balaban J connectivity index is 0.000000493. The van der Waals surface area contributed by atoms with E-state index < -0.39 is 7.31 Å². The second-order valence-corrected chi connectivity index (χ2v) is 17.3. The third-order valence-corrected chi connectivity index (χ3v) is 14.4. The van der Waals surface area contributed by atoms with E-state index in [0.717, 1.165) is 0 Å². The Morgan fingerprint density at radius 3 is 1.02 bits per heavy atom. The summed E-state index contributed by atoms with van der Waals surface area (Å²) in [4.78, 5) is 1.68. The third kappa shape index (κ3) is 5.42. The molecule has 0 unspecified atom stereocenters. The van der Waals surface area contributed by atoms with E-state index in [1.165, 1.54) is 19.6 Å². The van der Waals surface area contributed by atoms with Gasteiger partial charge >= 0.3 is 236 Å². The van der Waals surface area contributed by atoms with E-state index in [-0.39, 0.29) is 87.7 Å². The molecule has 1 fully saturated rings. The van der Waals surface area contributed by atoms with E-state index in [4.69, 9.17) is 120 Å². The molecule has 0 aromatic heterocycles. The second-order valence-electron chi connectivity index (χ2n) is 10.8. The molecular formula is C25H30Cl8NO6P. The Labute approximate surface area is 279 Å². The summed E-state index contributed by atoms with van der Waals surface area (Å²) in [6.07, 6.45) is 0. The van der Waals surface area contributed by atoms with Crippen molar-refractivity contribution in [3.8, 4) is 23.0 Å². The SMILES string of the molecule is CC(C)(C)C1CO[P-]23(OC1)(Oc1c(Cl)c(Cl)c(Cl)c(Cl)c1O2)Oc1c(Cl)c(Cl)c(Cl)c(Cl)c1O3.CC[NH+](CC)CC. The number of rotatable bonds is 3. The molecule has 16 heteroatoms. The van der Waals surface area contributed by atoms with Crippen molar-refractivity contribution in [2.24, 2.45) is 11.3 Å². The summed E-state index contributed by atoms with van der Waals surface area (Å²) in [6, 6.07) is 0. The van der Waals surface area contributed by atoms with Crippen molar-refractivity contribution in [1.29, 1.82) is 0 Å². The predicted molar refractivity (Wildman–Crippen MR) is 170 cm³/mol. The number of halogens is 8. The number of benzene rings is 2. The molecule has 41 heavy (non-hydrogen) atoms. The zero-order chi connectivity index (χ0) is 30.8. The van der Waals surface area contributed by atoms with Crippen molar-refractivity contribution in [1.82, 2.24) is 0 Å². The average Bonchev–Trinajstić information content (AvgIpc) is 3.41. The molecule has 0 aliphatic carbocycles. The van der Waals surface area contributed by atoms with Crippen LogP contribution in [0.5, 0.6) is 23.0 Å². The van der Waals surface area contributed by atoms with Gasteiger partial charge in [0.05, 0.1) is 19.6 Å². The summed E-state index contributed by atoms with van der Waals surface area (Å²) < 4.78 is 37.4. The summed E-state index contributed by atoms with van der Waals surface area (Å²) in [7, 11) is -6.26. The van der Waals surface area contributed by atoms with Gasteiger partial charge in [0.1, 0.15) is 0 Å². The van der Waals surface area contributed by atoms with Gasteiger partial charge in [-0.25, -0.2) is 0 Å². The standard InChI is InChI=1S/C19H14Cl8O6P.C6H15N/c1-19(2,3)6-4-28-34(29-5-6,30-15-11(24)7(20)8(21)12(25)16(15)31-34)32-17-13(26)9(22)10(23)14(27)18(17)33-34;1-4-7(5-2)6-3/h6H,4-5H2,1-3H3;4-6H2,1-3H3/q-1;/p+1. The molecule has 7 nitrogen and oxygen atoms in total. The smallest absolute Gasteiger partial charge is 0.0742 e. The van der Waals surface area contributed by atoms with Crippen LogP contribution in [-0.2, 0) is 9.05 Å². The molecule has 232 valence electrons. The van der Waals surface area contributed by atoms with E-state index in [1.54, 1.807) is 4.90 Å². The molecule has 1 N–H and O–H groups in total. The maximum absolute atomic E-state index is 6.43. The van der Waals surface area contributed by atoms with Crippen molar-refractivity contribution in [2.75, 3.05) is 32.8 Å². The van der Waals surface area contributed by atoms with Gasteiger partial charge in [-0.2, -0.15) is 0 Å². The number of quaternary nitrogens is 1. The maximum atomic E-state index is 6.43. The van der Waals surface area contributed by atoms with Gasteiger partial charge in [-0.3, -0.25) is 0 Å². The van der Waals surface area contributed by atoms with Crippen molar-refractivity contribution in [3.05, 3.63) is 40.2 Å². The van der Waals surface area contributed by atoms with Gasteiger partial charge in [0.25, 0.3) is 0 Å². The summed E-state index contributed by atoms with van der Waals surface area (Å²) >= 11 is 50.7. The molecule has 2 aromatic rings. The molecular weight excluding hydrogens is 725 g/mol. The van der Waals surface area contributed by atoms with Crippen LogP contribution >= 0.6 is 100 Å². The first-order valence-electron chi connectivity index (χ1n) is 12.8. The number of nitrogens with one attached hydrogen (secondary N) is 1. The minimum atomic E-state index is -6.26. The van der Waals surface area contributed by atoms with Crippen LogP contribution in [0.3, 0.4) is 0 Å². The van der Waals surface area contributed by atoms with Crippen LogP contribution in [0.15, 0.2) is 0 Å². The van der Waals surface area contributed by atoms with E-state index in [9.17, 15) is 0 Å². The van der Waals surface area contributed by atoms with E-state index >= 15 is 0 Å². The normalized spacial score (nSPS) is 22.6. The van der Waals surface area contributed by atoms with Crippen molar-refractivity contribution < 1.29 is 32.0 Å². The van der Waals surface area contributed by atoms with Gasteiger partial charge in [-0.15, -0.1) is 0 Å². The van der Waals surface area contributed by atoms with Gasteiger partial charge < -0.3 is 4.90 Å². The quantitative estimate of drug-likeness (QED) is 0.191. The minimum absolute atomic E-state index is 0.0226. The van der Waals surface area contributed by atoms with Crippen LogP contribution in [0.25, 0.3) is 0 Å². The topological polar surface area (TPSA) is 59.8 Å². The largest absolute Gasteiger partial charge is 0.336 e. The minimum Gasteiger partial charge on any atom is -0.336 e. The van der Waals surface area contributed by atoms with Crippen LogP contribution in [0.1, 0.15) is 41.5 Å². The molecule has 0 radical (unpaired) electrons. The monoisotopic (exact) mass is 751 g/mol. The third-order valence-electron chi connectivity index (χ3n) is 7.28. The Bertz CT molecular complexity index is 1230. The van der Waals surface area contributed by atoms with Crippen molar-refractivity contribution >= 4 is 100 Å². The first-order chi connectivity index (χ1) is 18.9. The molecule has 0 atom stereocenters. The molecule has 0 bridgehead atoms. The van der Waals surface area contributed by atoms with Crippen LogP contribution in [0.2, 0.25) is 40.2 Å². The van der Waals surface area contributed by atoms with Gasteiger partial charge in [-0.1, -0.05) is 0 Å². The molecule has 3 aliphatic rings. The van der Waals surface area contributed by atoms with Crippen LogP contribution < -0.4 is 23.0 Å². The van der Waals surface area contributed by atoms with Crippen molar-refractivity contribution in [2.45, 2.75) is 41.5 Å². The zero-order valence-electron chi connectivity index (χ0n) is 23.0. The summed E-state index contributed by atoms with van der Waals surface area (Å²) in [5.74, 6) is -0.781. The molecule has 1 saturated heterocycles. The molecule has 0 saturated carbocycles. The Hall–Kier alpha value is 0.270. The molecule has 3 heterocycles. The first-order valence-corrected chi connectivity index (χ1v) is 18.0. The average molecular weight is 755 g/mol. The molecule has 3 aliphatic heterocycles. The molecule has 5 rings (SSSR count). The first kappa shape index (κ1) is 34.1. The van der Waals surface area contributed by atoms with Gasteiger partial charge in [0.2, 0.25) is 0 Å². The van der Waals surface area contributed by atoms with E-state index in [0.29, 0.717) is 0 Å². The van der Waals surface area contributed by atoms with E-state index in [1.807, 2.05) is 20.8 Å². The van der Waals surface area contributed by atoms with Crippen molar-refractivity contribution in [3.63, 3.8) is 0 Å². The number of hydrogen-bond acceptors (Lipinski definition) is 6. The summed E-state index contributed by atoms with van der Waals surface area (Å²) in [6.45, 7) is 16.6. The fourth-order valence-corrected chi connectivity index (χ4v) is 10.3. The predicted octanol–water partition coefficient (Wildman–Crippen LogP) is 10.4. The maximum Gasteiger partial charge on any atom is 0.0742 e. The number of fused-ring (bicyclic) bond motifs is 2. The second kappa shape index (κ2) is 11.3. The van der Waals surface area contributed by atoms with Crippen LogP contribution in [0, 0.1) is 11.3 Å². The van der Waals surface area contributed by atoms with Gasteiger partial charge in [0, 0.05) is 0 Å². The van der Waals surface area contributed by atoms with Gasteiger partial charge in [-0.05, 0) is 20.8 Å². The Kier molecular flexibility index (Phi) is 9.38. The fourth-order valence-electron chi connectivity index (χ4n) is 4.40.